The molecule has 1 aromatic carbocycles. The molecule has 1 rings (SSSR count). The summed E-state index contributed by atoms with van der Waals surface area (Å²) in [5, 5.41) is 12.8. The molecule has 0 bridgehead atoms. The highest BCUT2D eigenvalue weighted by Gasteiger charge is 2.01. The molecule has 0 aromatic heterocycles. The van der Waals surface area contributed by atoms with Gasteiger partial charge in [-0.15, -0.1) is 12.3 Å². The third-order valence-electron chi connectivity index (χ3n) is 3.54. The molecule has 0 aliphatic carbocycles. The smallest absolute Gasteiger partial charge is 0.153 e. The van der Waals surface area contributed by atoms with Gasteiger partial charge in [0.1, 0.15) is 5.76 Å². The number of carbonyl (C=O) groups is 1. The van der Waals surface area contributed by atoms with Gasteiger partial charge in [0.2, 0.25) is 0 Å². The van der Waals surface area contributed by atoms with E-state index in [2.05, 4.69) is 35.9 Å². The first kappa shape index (κ1) is 25.0. The number of terminal acetylenes is 1. The van der Waals surface area contributed by atoms with E-state index >= 15 is 0 Å². The number of benzene rings is 1. The number of aliphatic hydroxyl groups is 1. The molecule has 28 heavy (non-hydrogen) atoms. The molecule has 0 saturated carbocycles. The summed E-state index contributed by atoms with van der Waals surface area (Å²) in [5.74, 6) is 2.21. The Labute approximate surface area is 169 Å². The van der Waals surface area contributed by atoms with Crippen LogP contribution in [0.3, 0.4) is 0 Å². The number of hydrogen-bond acceptors (Lipinski definition) is 4. The molecule has 0 aliphatic heterocycles. The van der Waals surface area contributed by atoms with Crippen LogP contribution in [-0.4, -0.2) is 25.0 Å². The third-order valence-corrected chi connectivity index (χ3v) is 3.54. The molecule has 0 heterocycles. The van der Waals surface area contributed by atoms with Crippen molar-refractivity contribution in [3.63, 3.8) is 0 Å². The second-order valence-electron chi connectivity index (χ2n) is 5.64. The summed E-state index contributed by atoms with van der Waals surface area (Å²) >= 11 is 0. The van der Waals surface area contributed by atoms with Gasteiger partial charge in [0.05, 0.1) is 18.8 Å². The standard InChI is InChI=1S/C21H27NO3.C3H4/c1-4-6-20(15-23)21(24)12-14-25-16-17-7-9-19(10-8-17)18(5-2)11-13-22-3;1-3-2/h5-13,15,22,24H,4,14,16H2,1-3H3;1H,2H3/b13-11-,18-5+,20-6-,21-12+;. The summed E-state index contributed by atoms with van der Waals surface area (Å²) in [4.78, 5) is 10.8. The van der Waals surface area contributed by atoms with Crippen LogP contribution in [0, 0.1) is 12.3 Å². The summed E-state index contributed by atoms with van der Waals surface area (Å²) in [6.07, 6.45) is 15.1. The molecule has 1 aromatic rings. The third kappa shape index (κ3) is 10.2. The van der Waals surface area contributed by atoms with E-state index in [4.69, 9.17) is 4.74 Å². The highest BCUT2D eigenvalue weighted by Crippen LogP contribution is 2.17. The lowest BCUT2D eigenvalue weighted by molar-refractivity contribution is -0.104. The number of rotatable bonds is 10. The summed E-state index contributed by atoms with van der Waals surface area (Å²) in [6.45, 7) is 6.25. The van der Waals surface area contributed by atoms with Crippen LogP contribution in [0.2, 0.25) is 0 Å². The Balaban J connectivity index is 0.00000227. The van der Waals surface area contributed by atoms with Crippen LogP contribution >= 0.6 is 0 Å². The highest BCUT2D eigenvalue weighted by molar-refractivity contribution is 5.78. The molecule has 0 fully saturated rings. The van der Waals surface area contributed by atoms with E-state index in [1.807, 2.05) is 45.3 Å². The molecular formula is C24H31NO3. The van der Waals surface area contributed by atoms with Crippen molar-refractivity contribution in [3.05, 3.63) is 77.2 Å². The Bertz CT molecular complexity index is 732. The monoisotopic (exact) mass is 381 g/mol. The lowest BCUT2D eigenvalue weighted by atomic mass is 10.0. The van der Waals surface area contributed by atoms with Gasteiger partial charge in [0, 0.05) is 7.05 Å². The van der Waals surface area contributed by atoms with Crippen molar-refractivity contribution in [2.45, 2.75) is 33.8 Å². The van der Waals surface area contributed by atoms with Gasteiger partial charge in [0.25, 0.3) is 0 Å². The first-order valence-corrected chi connectivity index (χ1v) is 9.17. The number of allylic oxidation sites excluding steroid dienone is 5. The molecular weight excluding hydrogens is 350 g/mol. The van der Waals surface area contributed by atoms with Crippen LogP contribution in [0.25, 0.3) is 5.57 Å². The largest absolute Gasteiger partial charge is 0.507 e. The van der Waals surface area contributed by atoms with Gasteiger partial charge in [-0.25, -0.2) is 0 Å². The highest BCUT2D eigenvalue weighted by atomic mass is 16.5. The number of aldehydes is 1. The van der Waals surface area contributed by atoms with Crippen molar-refractivity contribution in [2.75, 3.05) is 13.7 Å². The van der Waals surface area contributed by atoms with Gasteiger partial charge in [-0.05, 0) is 55.3 Å². The number of aliphatic hydroxyl groups excluding tert-OH is 1. The van der Waals surface area contributed by atoms with Crippen molar-refractivity contribution < 1.29 is 14.6 Å². The lowest BCUT2D eigenvalue weighted by Gasteiger charge is -2.06. The predicted molar refractivity (Wildman–Crippen MR) is 118 cm³/mol. The Morgan fingerprint density at radius 1 is 1.29 bits per heavy atom. The molecule has 0 spiro atoms. The molecule has 0 amide bonds. The number of hydrogen-bond donors (Lipinski definition) is 2. The van der Waals surface area contributed by atoms with Crippen LogP contribution in [0.4, 0.5) is 0 Å². The van der Waals surface area contributed by atoms with Gasteiger partial charge in [-0.1, -0.05) is 43.3 Å². The minimum atomic E-state index is -0.0405. The van der Waals surface area contributed by atoms with E-state index in [1.54, 1.807) is 13.0 Å². The maximum absolute atomic E-state index is 10.8. The topological polar surface area (TPSA) is 58.6 Å². The van der Waals surface area contributed by atoms with E-state index in [0.29, 0.717) is 24.9 Å². The van der Waals surface area contributed by atoms with Crippen molar-refractivity contribution in [1.29, 1.82) is 0 Å². The Kier molecular flexibility index (Phi) is 14.4. The van der Waals surface area contributed by atoms with E-state index in [-0.39, 0.29) is 12.4 Å². The lowest BCUT2D eigenvalue weighted by Crippen LogP contribution is -1.97. The normalized spacial score (nSPS) is 12.2. The Morgan fingerprint density at radius 3 is 2.43 bits per heavy atom. The van der Waals surface area contributed by atoms with Crippen LogP contribution in [0.1, 0.15) is 38.3 Å². The quantitative estimate of drug-likeness (QED) is 0.150. The van der Waals surface area contributed by atoms with Gasteiger partial charge >= 0.3 is 0 Å². The fourth-order valence-electron chi connectivity index (χ4n) is 2.19. The second-order valence-corrected chi connectivity index (χ2v) is 5.64. The van der Waals surface area contributed by atoms with Crippen LogP contribution in [0.5, 0.6) is 0 Å². The van der Waals surface area contributed by atoms with E-state index in [9.17, 15) is 9.90 Å². The molecule has 150 valence electrons. The van der Waals surface area contributed by atoms with Gasteiger partial charge in [0.15, 0.2) is 6.29 Å². The molecule has 4 nitrogen and oxygen atoms in total. The average Bonchev–Trinajstić information content (AvgIpc) is 2.71. The number of nitrogens with one attached hydrogen (secondary N) is 1. The molecule has 4 heteroatoms. The molecule has 0 unspecified atom stereocenters. The molecule has 0 atom stereocenters. The Morgan fingerprint density at radius 2 is 1.93 bits per heavy atom. The SMILES string of the molecule is C#CC.C/C=C(\C=C/NC)c1ccc(COC/C=C(O)\C(C=O)=C/CC)cc1. The van der Waals surface area contributed by atoms with Crippen LogP contribution in [-0.2, 0) is 16.1 Å². The summed E-state index contributed by atoms with van der Waals surface area (Å²) in [7, 11) is 1.87. The maximum Gasteiger partial charge on any atom is 0.153 e. The van der Waals surface area contributed by atoms with Crippen molar-refractivity contribution >= 4 is 11.9 Å². The minimum absolute atomic E-state index is 0.0405. The van der Waals surface area contributed by atoms with Crippen molar-refractivity contribution in [3.8, 4) is 12.3 Å². The first-order valence-electron chi connectivity index (χ1n) is 9.17. The minimum Gasteiger partial charge on any atom is -0.507 e. The fraction of sp³-hybridized carbons (Fsp3) is 0.292. The van der Waals surface area contributed by atoms with Crippen LogP contribution in [0.15, 0.2) is 66.1 Å². The summed E-state index contributed by atoms with van der Waals surface area (Å²) in [6, 6.07) is 8.14. The van der Waals surface area contributed by atoms with Gasteiger partial charge in [-0.3, -0.25) is 4.79 Å². The van der Waals surface area contributed by atoms with Crippen molar-refractivity contribution in [1.82, 2.24) is 5.32 Å². The number of carbonyl (C=O) groups excluding carboxylic acids is 1. The number of ether oxygens (including phenoxy) is 1. The molecule has 0 aliphatic rings. The zero-order valence-electron chi connectivity index (χ0n) is 17.2. The molecule has 0 saturated heterocycles. The van der Waals surface area contributed by atoms with Crippen LogP contribution < -0.4 is 5.32 Å². The zero-order chi connectivity index (χ0) is 21.2. The first-order chi connectivity index (χ1) is 13.6. The van der Waals surface area contributed by atoms with E-state index < -0.39 is 0 Å². The predicted octanol–water partition coefficient (Wildman–Crippen LogP) is 4.96. The molecule has 0 radical (unpaired) electrons. The summed E-state index contributed by atoms with van der Waals surface area (Å²) < 4.78 is 5.54. The Hall–Kier alpha value is -3.03. The van der Waals surface area contributed by atoms with Gasteiger partial charge < -0.3 is 15.2 Å². The van der Waals surface area contributed by atoms with E-state index in [0.717, 1.165) is 16.7 Å². The van der Waals surface area contributed by atoms with E-state index in [1.165, 1.54) is 6.08 Å². The average molecular weight is 382 g/mol. The second kappa shape index (κ2) is 16.2. The molecule has 2 N–H and O–H groups in total. The van der Waals surface area contributed by atoms with Gasteiger partial charge in [-0.2, -0.15) is 0 Å². The maximum atomic E-state index is 10.8. The fourth-order valence-corrected chi connectivity index (χ4v) is 2.19. The zero-order valence-corrected chi connectivity index (χ0v) is 17.2. The summed E-state index contributed by atoms with van der Waals surface area (Å²) in [5.41, 5.74) is 3.61. The van der Waals surface area contributed by atoms with Crippen molar-refractivity contribution in [2.24, 2.45) is 0 Å².